The topological polar surface area (TPSA) is 46.2 Å². The molecule has 2 aromatic carbocycles. The summed E-state index contributed by atoms with van der Waals surface area (Å²) in [5.74, 6) is 0.450. The second-order valence-electron chi connectivity index (χ2n) is 5.56. The van der Waals surface area contributed by atoms with Crippen molar-refractivity contribution in [1.82, 2.24) is 0 Å². The first-order valence-electron chi connectivity index (χ1n) is 8.31. The summed E-state index contributed by atoms with van der Waals surface area (Å²) in [5, 5.41) is 9.55. The Labute approximate surface area is 135 Å². The van der Waals surface area contributed by atoms with Gasteiger partial charge in [0.25, 0.3) is 0 Å². The van der Waals surface area contributed by atoms with Gasteiger partial charge in [-0.2, -0.15) is 0 Å². The number of anilines is 1. The van der Waals surface area contributed by atoms with Gasteiger partial charge in [-0.1, -0.05) is 75.4 Å². The second-order valence-corrected chi connectivity index (χ2v) is 5.56. The van der Waals surface area contributed by atoms with Gasteiger partial charge < -0.3 is 10.8 Å². The zero-order valence-electron chi connectivity index (χ0n) is 13.7. The fourth-order valence-electron chi connectivity index (χ4n) is 2.27. The molecule has 120 valence electrons. The lowest BCUT2D eigenvalue weighted by atomic mass is 10.0. The Bertz CT molecular complexity index is 496. The van der Waals surface area contributed by atoms with Crippen LogP contribution in [0.5, 0.6) is 5.75 Å². The van der Waals surface area contributed by atoms with Crippen LogP contribution in [0.2, 0.25) is 0 Å². The van der Waals surface area contributed by atoms with Crippen LogP contribution in [0.25, 0.3) is 0 Å². The third kappa shape index (κ3) is 8.35. The summed E-state index contributed by atoms with van der Waals surface area (Å²) in [6, 6.07) is 17.1. The largest absolute Gasteiger partial charge is 0.508 e. The highest BCUT2D eigenvalue weighted by atomic mass is 16.3. The molecule has 0 saturated carbocycles. The van der Waals surface area contributed by atoms with Crippen molar-refractivity contribution in [2.45, 2.75) is 51.9 Å². The summed E-state index contributed by atoms with van der Waals surface area (Å²) in [5.41, 5.74) is 7.27. The number of unbranched alkanes of at least 4 members (excludes halogenated alkanes) is 5. The van der Waals surface area contributed by atoms with Crippen molar-refractivity contribution < 1.29 is 5.11 Å². The molecule has 0 aromatic heterocycles. The van der Waals surface area contributed by atoms with Crippen LogP contribution in [-0.4, -0.2) is 5.11 Å². The van der Waals surface area contributed by atoms with Gasteiger partial charge in [-0.05, 0) is 36.6 Å². The summed E-state index contributed by atoms with van der Waals surface area (Å²) in [6.07, 6.45) is 8.85. The minimum atomic E-state index is 0.450. The summed E-state index contributed by atoms with van der Waals surface area (Å²) in [6.45, 7) is 2.24. The van der Waals surface area contributed by atoms with E-state index >= 15 is 0 Å². The summed E-state index contributed by atoms with van der Waals surface area (Å²) in [4.78, 5) is 0. The van der Waals surface area contributed by atoms with E-state index in [2.05, 4.69) is 6.92 Å². The standard InChI is InChI=1S/C14H22O.C6H7N/c1-2-3-4-5-6-7-10-13-11-8-9-12-14(13)15;7-6-4-2-1-3-5-6/h8-9,11-12,15H,2-7,10H2,1H3;1-5H,7H2. The van der Waals surface area contributed by atoms with Gasteiger partial charge in [0.2, 0.25) is 0 Å². The molecule has 2 aromatic rings. The molecule has 2 nitrogen and oxygen atoms in total. The zero-order chi connectivity index (χ0) is 16.0. The fourth-order valence-corrected chi connectivity index (χ4v) is 2.27. The number of rotatable bonds is 7. The van der Waals surface area contributed by atoms with Gasteiger partial charge in [0, 0.05) is 5.69 Å². The molecule has 0 radical (unpaired) electrons. The highest BCUT2D eigenvalue weighted by Gasteiger charge is 1.98. The van der Waals surface area contributed by atoms with Crippen LogP contribution in [-0.2, 0) is 6.42 Å². The molecule has 2 rings (SSSR count). The maximum Gasteiger partial charge on any atom is 0.118 e. The third-order valence-electron chi connectivity index (χ3n) is 3.59. The summed E-state index contributed by atoms with van der Waals surface area (Å²) < 4.78 is 0. The normalized spacial score (nSPS) is 9.86. The number of phenolic OH excluding ortho intramolecular Hbond substituents is 1. The van der Waals surface area contributed by atoms with E-state index < -0.39 is 0 Å². The monoisotopic (exact) mass is 299 g/mol. The lowest BCUT2D eigenvalue weighted by molar-refractivity contribution is 0.466. The van der Waals surface area contributed by atoms with Crippen molar-refractivity contribution in [2.75, 3.05) is 5.73 Å². The van der Waals surface area contributed by atoms with E-state index in [4.69, 9.17) is 5.73 Å². The average Bonchev–Trinajstić information content (AvgIpc) is 2.54. The molecule has 0 spiro atoms. The first kappa shape index (κ1) is 18.1. The highest BCUT2D eigenvalue weighted by molar-refractivity contribution is 5.35. The molecule has 3 N–H and O–H groups in total. The first-order chi connectivity index (χ1) is 10.7. The maximum absolute atomic E-state index is 9.55. The Kier molecular flexibility index (Phi) is 9.60. The van der Waals surface area contributed by atoms with Gasteiger partial charge in [0.1, 0.15) is 5.75 Å². The number of phenols is 1. The number of aryl methyl sites for hydroxylation is 1. The Hall–Kier alpha value is -1.96. The van der Waals surface area contributed by atoms with Crippen LogP contribution in [0, 0.1) is 0 Å². The summed E-state index contributed by atoms with van der Waals surface area (Å²) in [7, 11) is 0. The molecule has 0 atom stereocenters. The van der Waals surface area contributed by atoms with Crippen LogP contribution in [0.3, 0.4) is 0 Å². The molecule has 22 heavy (non-hydrogen) atoms. The van der Waals surface area contributed by atoms with E-state index in [0.29, 0.717) is 5.75 Å². The predicted molar refractivity (Wildman–Crippen MR) is 96.0 cm³/mol. The van der Waals surface area contributed by atoms with E-state index in [1.165, 1.54) is 38.5 Å². The number of para-hydroxylation sites is 2. The lowest BCUT2D eigenvalue weighted by Gasteiger charge is -2.03. The van der Waals surface area contributed by atoms with Gasteiger partial charge >= 0.3 is 0 Å². The molecule has 0 saturated heterocycles. The van der Waals surface area contributed by atoms with Crippen LogP contribution < -0.4 is 5.73 Å². The SMILES string of the molecule is CCCCCCCCc1ccccc1O.Nc1ccccc1. The Morgan fingerprint density at radius 3 is 1.95 bits per heavy atom. The van der Waals surface area contributed by atoms with Gasteiger partial charge in [-0.15, -0.1) is 0 Å². The number of nitrogens with two attached hydrogens (primary N) is 1. The molecule has 0 fully saturated rings. The quantitative estimate of drug-likeness (QED) is 0.519. The Morgan fingerprint density at radius 2 is 1.36 bits per heavy atom. The molecule has 0 bridgehead atoms. The first-order valence-corrected chi connectivity index (χ1v) is 8.31. The minimum absolute atomic E-state index is 0.450. The maximum atomic E-state index is 9.55. The van der Waals surface area contributed by atoms with Crippen LogP contribution in [0.15, 0.2) is 54.6 Å². The highest BCUT2D eigenvalue weighted by Crippen LogP contribution is 2.18. The Morgan fingerprint density at radius 1 is 0.773 bits per heavy atom. The van der Waals surface area contributed by atoms with Gasteiger partial charge in [-0.25, -0.2) is 0 Å². The van der Waals surface area contributed by atoms with Gasteiger partial charge in [-0.3, -0.25) is 0 Å². The number of hydrogen-bond donors (Lipinski definition) is 2. The molecule has 0 aliphatic carbocycles. The van der Waals surface area contributed by atoms with Crippen molar-refractivity contribution in [3.8, 4) is 5.75 Å². The molecule has 2 heteroatoms. The van der Waals surface area contributed by atoms with Crippen LogP contribution >= 0.6 is 0 Å². The van der Waals surface area contributed by atoms with E-state index in [0.717, 1.165) is 17.7 Å². The molecule has 0 unspecified atom stereocenters. The van der Waals surface area contributed by atoms with Crippen molar-refractivity contribution in [3.05, 3.63) is 60.2 Å². The molecule has 0 amide bonds. The number of nitrogen functional groups attached to an aromatic ring is 1. The summed E-state index contributed by atoms with van der Waals surface area (Å²) >= 11 is 0. The smallest absolute Gasteiger partial charge is 0.118 e. The number of benzene rings is 2. The van der Waals surface area contributed by atoms with E-state index in [1.807, 2.05) is 48.5 Å². The minimum Gasteiger partial charge on any atom is -0.508 e. The van der Waals surface area contributed by atoms with E-state index in [1.54, 1.807) is 6.07 Å². The van der Waals surface area contributed by atoms with Crippen molar-refractivity contribution in [1.29, 1.82) is 0 Å². The predicted octanol–water partition coefficient (Wildman–Crippen LogP) is 5.56. The molecule has 0 heterocycles. The van der Waals surface area contributed by atoms with Crippen molar-refractivity contribution in [2.24, 2.45) is 0 Å². The van der Waals surface area contributed by atoms with Crippen LogP contribution in [0.1, 0.15) is 51.0 Å². The third-order valence-corrected chi connectivity index (χ3v) is 3.59. The number of hydrogen-bond acceptors (Lipinski definition) is 2. The van der Waals surface area contributed by atoms with Crippen molar-refractivity contribution >= 4 is 5.69 Å². The molecule has 0 aliphatic rings. The van der Waals surface area contributed by atoms with E-state index in [-0.39, 0.29) is 0 Å². The number of aromatic hydroxyl groups is 1. The van der Waals surface area contributed by atoms with Gasteiger partial charge in [0.15, 0.2) is 0 Å². The zero-order valence-corrected chi connectivity index (χ0v) is 13.7. The molecule has 0 aliphatic heterocycles. The average molecular weight is 299 g/mol. The second kappa shape index (κ2) is 11.7. The van der Waals surface area contributed by atoms with E-state index in [9.17, 15) is 5.11 Å². The molecular weight excluding hydrogens is 270 g/mol. The lowest BCUT2D eigenvalue weighted by Crippen LogP contribution is -1.86. The fraction of sp³-hybridized carbons (Fsp3) is 0.400. The molecular formula is C20H29NO. The van der Waals surface area contributed by atoms with Crippen molar-refractivity contribution in [3.63, 3.8) is 0 Å². The van der Waals surface area contributed by atoms with Crippen LogP contribution in [0.4, 0.5) is 5.69 Å². The Balaban J connectivity index is 0.000000287. The van der Waals surface area contributed by atoms with Gasteiger partial charge in [0.05, 0.1) is 0 Å².